The average molecular weight is 600 g/mol. The topological polar surface area (TPSA) is 36.8 Å². The summed E-state index contributed by atoms with van der Waals surface area (Å²) >= 11 is 3.66. The van der Waals surface area contributed by atoms with Crippen LogP contribution in [0.5, 0.6) is 0 Å². The molecule has 3 heterocycles. The molecule has 0 saturated heterocycles. The standard InChI is InChI=1S/C39H25N3S2/c1-3-12-24(13-4-1)26-17-9-19-29-34-30(20-11-23-33(34)44-35(26)29)38-40-37(25-14-5-2-6-15-25)41-39(42-38)31-21-10-18-28-27-16-7-8-22-32(27)43-36(28)31/h1-23,37H,(H,40,41,42). The number of thiophene rings is 2. The Kier molecular flexibility index (Phi) is 5.93. The van der Waals surface area contributed by atoms with Crippen LogP contribution >= 0.6 is 22.7 Å². The number of benzene rings is 6. The van der Waals surface area contributed by atoms with Crippen LogP contribution in [0.25, 0.3) is 51.5 Å². The minimum atomic E-state index is -0.261. The van der Waals surface area contributed by atoms with Crippen molar-refractivity contribution in [1.29, 1.82) is 0 Å². The van der Waals surface area contributed by atoms with Crippen LogP contribution in [0.15, 0.2) is 150 Å². The lowest BCUT2D eigenvalue weighted by molar-refractivity contribution is 0.675. The molecule has 1 N–H and O–H groups in total. The summed E-state index contributed by atoms with van der Waals surface area (Å²) in [6.45, 7) is 0. The number of amidine groups is 2. The average Bonchev–Trinajstić information content (AvgIpc) is 3.67. The van der Waals surface area contributed by atoms with Crippen molar-refractivity contribution < 1.29 is 0 Å². The highest BCUT2D eigenvalue weighted by molar-refractivity contribution is 7.26. The summed E-state index contributed by atoms with van der Waals surface area (Å²) < 4.78 is 5.04. The minimum Gasteiger partial charge on any atom is -0.344 e. The molecule has 9 rings (SSSR count). The van der Waals surface area contributed by atoms with E-state index < -0.39 is 0 Å². The number of rotatable bonds is 4. The van der Waals surface area contributed by atoms with Crippen molar-refractivity contribution in [2.75, 3.05) is 0 Å². The number of nitrogens with zero attached hydrogens (tertiary/aromatic N) is 2. The van der Waals surface area contributed by atoms with Gasteiger partial charge in [-0.2, -0.15) is 0 Å². The molecule has 8 aromatic rings. The second-order valence-corrected chi connectivity index (χ2v) is 13.1. The van der Waals surface area contributed by atoms with Crippen LogP contribution in [0.1, 0.15) is 22.9 Å². The van der Waals surface area contributed by atoms with Crippen molar-refractivity contribution in [1.82, 2.24) is 5.32 Å². The first-order valence-electron chi connectivity index (χ1n) is 14.7. The van der Waals surface area contributed by atoms with Gasteiger partial charge in [0.1, 0.15) is 12.0 Å². The van der Waals surface area contributed by atoms with Crippen molar-refractivity contribution in [3.63, 3.8) is 0 Å². The van der Waals surface area contributed by atoms with Crippen LogP contribution in [0, 0.1) is 0 Å². The molecular weight excluding hydrogens is 575 g/mol. The summed E-state index contributed by atoms with van der Waals surface area (Å²) in [5.74, 6) is 1.60. The van der Waals surface area contributed by atoms with E-state index in [0.29, 0.717) is 0 Å². The van der Waals surface area contributed by atoms with Gasteiger partial charge in [0.15, 0.2) is 5.84 Å². The highest BCUT2D eigenvalue weighted by Gasteiger charge is 2.25. The molecule has 1 aliphatic rings. The molecule has 0 bridgehead atoms. The molecule has 2 aromatic heterocycles. The van der Waals surface area contributed by atoms with Gasteiger partial charge in [-0.3, -0.25) is 0 Å². The van der Waals surface area contributed by atoms with Gasteiger partial charge in [0.05, 0.1) is 0 Å². The Morgan fingerprint density at radius 3 is 1.98 bits per heavy atom. The van der Waals surface area contributed by atoms with Gasteiger partial charge in [0, 0.05) is 51.5 Å². The van der Waals surface area contributed by atoms with Crippen LogP contribution in [-0.2, 0) is 0 Å². The number of hydrogen-bond acceptors (Lipinski definition) is 5. The summed E-state index contributed by atoms with van der Waals surface area (Å²) in [5.41, 5.74) is 5.75. The molecular formula is C39H25N3S2. The predicted octanol–water partition coefficient (Wildman–Crippen LogP) is 10.6. The summed E-state index contributed by atoms with van der Waals surface area (Å²) in [6, 6.07) is 49.4. The molecule has 0 amide bonds. The maximum Gasteiger partial charge on any atom is 0.160 e. The first-order valence-corrected chi connectivity index (χ1v) is 16.3. The smallest absolute Gasteiger partial charge is 0.160 e. The van der Waals surface area contributed by atoms with Crippen molar-refractivity contribution in [2.45, 2.75) is 6.17 Å². The van der Waals surface area contributed by atoms with E-state index in [1.807, 2.05) is 28.7 Å². The van der Waals surface area contributed by atoms with E-state index >= 15 is 0 Å². The molecule has 1 unspecified atom stereocenters. The number of nitrogens with one attached hydrogen (secondary N) is 1. The van der Waals surface area contributed by atoms with Gasteiger partial charge >= 0.3 is 0 Å². The molecule has 5 heteroatoms. The molecule has 44 heavy (non-hydrogen) atoms. The Labute approximate surface area is 262 Å². The predicted molar refractivity (Wildman–Crippen MR) is 189 cm³/mol. The van der Waals surface area contributed by atoms with Gasteiger partial charge in [-0.05, 0) is 34.9 Å². The molecule has 0 fully saturated rings. The van der Waals surface area contributed by atoms with Crippen molar-refractivity contribution >= 4 is 74.7 Å². The van der Waals surface area contributed by atoms with Gasteiger partial charge in [0.2, 0.25) is 0 Å². The van der Waals surface area contributed by atoms with Crippen molar-refractivity contribution in [3.05, 3.63) is 156 Å². The summed E-state index contributed by atoms with van der Waals surface area (Å²) in [5, 5.41) is 8.69. The third-order valence-corrected chi connectivity index (χ3v) is 10.8. The van der Waals surface area contributed by atoms with Crippen molar-refractivity contribution in [2.24, 2.45) is 9.98 Å². The fraction of sp³-hybridized carbons (Fsp3) is 0.0256. The molecule has 3 nitrogen and oxygen atoms in total. The molecule has 208 valence electrons. The molecule has 0 spiro atoms. The van der Waals surface area contributed by atoms with E-state index in [9.17, 15) is 0 Å². The molecule has 1 atom stereocenters. The van der Waals surface area contributed by atoms with Crippen LogP contribution < -0.4 is 5.32 Å². The molecule has 6 aromatic carbocycles. The van der Waals surface area contributed by atoms with Gasteiger partial charge in [-0.25, -0.2) is 9.98 Å². The first-order chi connectivity index (χ1) is 21.8. The highest BCUT2D eigenvalue weighted by Crippen LogP contribution is 2.42. The van der Waals surface area contributed by atoms with E-state index in [2.05, 4.69) is 139 Å². The van der Waals surface area contributed by atoms with E-state index in [1.54, 1.807) is 0 Å². The lowest BCUT2D eigenvalue weighted by Crippen LogP contribution is -2.33. The van der Waals surface area contributed by atoms with Crippen molar-refractivity contribution in [3.8, 4) is 11.1 Å². The molecule has 0 radical (unpaired) electrons. The first kappa shape index (κ1) is 25.4. The maximum atomic E-state index is 5.30. The summed E-state index contributed by atoms with van der Waals surface area (Å²) in [7, 11) is 0. The van der Waals surface area contributed by atoms with E-state index in [-0.39, 0.29) is 6.17 Å². The van der Waals surface area contributed by atoms with Crippen LogP contribution in [0.2, 0.25) is 0 Å². The lowest BCUT2D eigenvalue weighted by atomic mass is 10.00. The quantitative estimate of drug-likeness (QED) is 0.215. The third-order valence-electron chi connectivity index (χ3n) is 8.37. The van der Waals surface area contributed by atoms with Gasteiger partial charge in [0.25, 0.3) is 0 Å². The molecule has 0 saturated carbocycles. The zero-order valence-corrected chi connectivity index (χ0v) is 25.2. The van der Waals surface area contributed by atoms with Crippen LogP contribution in [0.4, 0.5) is 0 Å². The Morgan fingerprint density at radius 2 is 1.11 bits per heavy atom. The minimum absolute atomic E-state index is 0.261. The number of hydrogen-bond donors (Lipinski definition) is 1. The summed E-state index contributed by atoms with van der Waals surface area (Å²) in [4.78, 5) is 10.6. The number of fused-ring (bicyclic) bond motifs is 6. The van der Waals surface area contributed by atoms with E-state index in [4.69, 9.17) is 9.98 Å². The van der Waals surface area contributed by atoms with Gasteiger partial charge in [-0.15, -0.1) is 22.7 Å². The second kappa shape index (κ2) is 10.3. The third kappa shape index (κ3) is 4.08. The SMILES string of the molecule is c1ccc(-c2cccc3c2sc2cccc(C4=NC(c5ccccc5)NC(c5cccc6c5sc5ccccc56)=N4)c23)cc1. The van der Waals surface area contributed by atoms with E-state index in [0.717, 1.165) is 28.4 Å². The Morgan fingerprint density at radius 1 is 0.500 bits per heavy atom. The van der Waals surface area contributed by atoms with E-state index in [1.165, 1.54) is 51.5 Å². The second-order valence-electron chi connectivity index (χ2n) is 11.0. The number of aliphatic imine (C=N–C) groups is 2. The molecule has 0 aliphatic carbocycles. The Hall–Kier alpha value is -5.10. The van der Waals surface area contributed by atoms with Crippen LogP contribution in [-0.4, -0.2) is 11.7 Å². The molecule has 1 aliphatic heterocycles. The fourth-order valence-corrected chi connectivity index (χ4v) is 8.81. The monoisotopic (exact) mass is 599 g/mol. The highest BCUT2D eigenvalue weighted by atomic mass is 32.1. The fourth-order valence-electron chi connectivity index (χ4n) is 6.32. The van der Waals surface area contributed by atoms with Gasteiger partial charge in [-0.1, -0.05) is 121 Å². The zero-order valence-electron chi connectivity index (χ0n) is 23.6. The Bertz CT molecular complexity index is 2420. The Balaban J connectivity index is 1.28. The normalized spacial score (nSPS) is 15.0. The zero-order chi connectivity index (χ0) is 29.0. The van der Waals surface area contributed by atoms with Crippen LogP contribution in [0.3, 0.4) is 0 Å². The largest absolute Gasteiger partial charge is 0.344 e. The summed E-state index contributed by atoms with van der Waals surface area (Å²) in [6.07, 6.45) is -0.261. The maximum absolute atomic E-state index is 5.30. The lowest BCUT2D eigenvalue weighted by Gasteiger charge is -2.24. The van der Waals surface area contributed by atoms with Gasteiger partial charge < -0.3 is 5.32 Å².